The van der Waals surface area contributed by atoms with Gasteiger partial charge in [-0.15, -0.1) is 11.8 Å². The lowest BCUT2D eigenvalue weighted by atomic mass is 10.1. The molecule has 1 unspecified atom stereocenters. The molecule has 0 aromatic heterocycles. The Morgan fingerprint density at radius 2 is 2.08 bits per heavy atom. The highest BCUT2D eigenvalue weighted by atomic mass is 32.2. The summed E-state index contributed by atoms with van der Waals surface area (Å²) in [5.41, 5.74) is 1.28. The Labute approximate surface area is 83.5 Å². The first-order valence-electron chi connectivity index (χ1n) is 4.65. The first kappa shape index (κ1) is 9.10. The lowest BCUT2D eigenvalue weighted by Gasteiger charge is -2.33. The van der Waals surface area contributed by atoms with E-state index in [4.69, 9.17) is 4.74 Å². The standard InChI is InChI=1S/C11H14OS/c1-11(12-8-5-9-13-11)10-6-3-2-4-7-10/h2-4,6-7H,5,8-9H2,1H3. The van der Waals surface area contributed by atoms with Crippen LogP contribution in [0.4, 0.5) is 0 Å². The van der Waals surface area contributed by atoms with E-state index in [0.29, 0.717) is 0 Å². The van der Waals surface area contributed by atoms with Gasteiger partial charge in [-0.05, 0) is 24.7 Å². The zero-order valence-corrected chi connectivity index (χ0v) is 8.64. The molecule has 1 aliphatic rings. The fraction of sp³-hybridized carbons (Fsp3) is 0.455. The summed E-state index contributed by atoms with van der Waals surface area (Å²) in [6.07, 6.45) is 1.17. The number of thioether (sulfide) groups is 1. The van der Waals surface area contributed by atoms with Crippen LogP contribution < -0.4 is 0 Å². The molecule has 1 aromatic rings. The Morgan fingerprint density at radius 3 is 2.69 bits per heavy atom. The van der Waals surface area contributed by atoms with E-state index in [1.807, 2.05) is 17.8 Å². The number of hydrogen-bond acceptors (Lipinski definition) is 2. The van der Waals surface area contributed by atoms with Gasteiger partial charge in [-0.2, -0.15) is 0 Å². The van der Waals surface area contributed by atoms with Gasteiger partial charge in [0, 0.05) is 6.61 Å². The number of ether oxygens (including phenoxy) is 1. The van der Waals surface area contributed by atoms with Gasteiger partial charge in [0.05, 0.1) is 0 Å². The second-order valence-electron chi connectivity index (χ2n) is 3.36. The largest absolute Gasteiger partial charge is 0.360 e. The first-order valence-corrected chi connectivity index (χ1v) is 5.63. The van der Waals surface area contributed by atoms with E-state index in [1.165, 1.54) is 17.7 Å². The second-order valence-corrected chi connectivity index (χ2v) is 4.84. The molecule has 1 nitrogen and oxygen atoms in total. The summed E-state index contributed by atoms with van der Waals surface area (Å²) in [6, 6.07) is 10.5. The van der Waals surface area contributed by atoms with Gasteiger partial charge in [-0.1, -0.05) is 30.3 Å². The topological polar surface area (TPSA) is 9.23 Å². The minimum Gasteiger partial charge on any atom is -0.360 e. The third-order valence-corrected chi connectivity index (χ3v) is 3.74. The van der Waals surface area contributed by atoms with Gasteiger partial charge in [-0.25, -0.2) is 0 Å². The fourth-order valence-electron chi connectivity index (χ4n) is 1.54. The third-order valence-electron chi connectivity index (χ3n) is 2.34. The Balaban J connectivity index is 2.23. The van der Waals surface area contributed by atoms with E-state index in [2.05, 4.69) is 31.2 Å². The summed E-state index contributed by atoms with van der Waals surface area (Å²) in [6.45, 7) is 3.05. The molecule has 70 valence electrons. The van der Waals surface area contributed by atoms with Crippen molar-refractivity contribution in [2.24, 2.45) is 0 Å². The Kier molecular flexibility index (Phi) is 2.61. The van der Waals surface area contributed by atoms with Gasteiger partial charge in [-0.3, -0.25) is 0 Å². The molecule has 1 atom stereocenters. The molecule has 0 N–H and O–H groups in total. The van der Waals surface area contributed by atoms with Crippen LogP contribution in [0.25, 0.3) is 0 Å². The van der Waals surface area contributed by atoms with E-state index in [0.717, 1.165) is 6.61 Å². The van der Waals surface area contributed by atoms with Gasteiger partial charge in [0.25, 0.3) is 0 Å². The minimum atomic E-state index is -0.112. The lowest BCUT2D eigenvalue weighted by molar-refractivity contribution is 0.0301. The Hall–Kier alpha value is -0.470. The van der Waals surface area contributed by atoms with Crippen molar-refractivity contribution in [1.29, 1.82) is 0 Å². The molecule has 1 saturated heterocycles. The third kappa shape index (κ3) is 1.89. The number of hydrogen-bond donors (Lipinski definition) is 0. The molecule has 1 aliphatic heterocycles. The number of rotatable bonds is 1. The summed E-state index contributed by atoms with van der Waals surface area (Å²) in [4.78, 5) is -0.112. The molecule has 13 heavy (non-hydrogen) atoms. The van der Waals surface area contributed by atoms with E-state index in [9.17, 15) is 0 Å². The normalized spacial score (nSPS) is 28.7. The van der Waals surface area contributed by atoms with Crippen LogP contribution in [0.2, 0.25) is 0 Å². The minimum absolute atomic E-state index is 0.112. The van der Waals surface area contributed by atoms with Crippen molar-refractivity contribution in [3.8, 4) is 0 Å². The number of benzene rings is 1. The summed E-state index contributed by atoms with van der Waals surface area (Å²) in [7, 11) is 0. The van der Waals surface area contributed by atoms with Crippen LogP contribution in [0, 0.1) is 0 Å². The SMILES string of the molecule is CC1(c2ccccc2)OCCCS1. The molecule has 0 spiro atoms. The van der Waals surface area contributed by atoms with Crippen molar-refractivity contribution in [1.82, 2.24) is 0 Å². The first-order chi connectivity index (χ1) is 6.31. The molecule has 0 bridgehead atoms. The molecule has 0 radical (unpaired) electrons. The van der Waals surface area contributed by atoms with Crippen LogP contribution >= 0.6 is 11.8 Å². The lowest BCUT2D eigenvalue weighted by Crippen LogP contribution is -2.27. The molecular formula is C11H14OS. The maximum Gasteiger partial charge on any atom is 0.136 e. The van der Waals surface area contributed by atoms with E-state index >= 15 is 0 Å². The van der Waals surface area contributed by atoms with E-state index in [1.54, 1.807) is 0 Å². The van der Waals surface area contributed by atoms with Gasteiger partial charge < -0.3 is 4.74 Å². The van der Waals surface area contributed by atoms with Crippen LogP contribution in [-0.2, 0) is 9.67 Å². The van der Waals surface area contributed by atoms with Crippen LogP contribution in [0.3, 0.4) is 0 Å². The van der Waals surface area contributed by atoms with Gasteiger partial charge in [0.2, 0.25) is 0 Å². The smallest absolute Gasteiger partial charge is 0.136 e. The zero-order chi connectivity index (χ0) is 9.15. The monoisotopic (exact) mass is 194 g/mol. The molecule has 2 heteroatoms. The summed E-state index contributed by atoms with van der Waals surface area (Å²) >= 11 is 1.90. The summed E-state index contributed by atoms with van der Waals surface area (Å²) in [5, 5.41) is 0. The predicted octanol–water partition coefficient (Wildman–Crippen LogP) is 3.01. The zero-order valence-electron chi connectivity index (χ0n) is 7.82. The van der Waals surface area contributed by atoms with Crippen molar-refractivity contribution in [3.63, 3.8) is 0 Å². The molecule has 2 rings (SSSR count). The highest BCUT2D eigenvalue weighted by Gasteiger charge is 2.30. The van der Waals surface area contributed by atoms with E-state index < -0.39 is 0 Å². The van der Waals surface area contributed by atoms with Crippen molar-refractivity contribution < 1.29 is 4.74 Å². The van der Waals surface area contributed by atoms with Gasteiger partial charge >= 0.3 is 0 Å². The summed E-state index contributed by atoms with van der Waals surface area (Å²) in [5.74, 6) is 1.20. The average molecular weight is 194 g/mol. The van der Waals surface area contributed by atoms with Crippen molar-refractivity contribution in [2.75, 3.05) is 12.4 Å². The quantitative estimate of drug-likeness (QED) is 0.679. The average Bonchev–Trinajstić information content (AvgIpc) is 2.20. The molecule has 1 heterocycles. The maximum absolute atomic E-state index is 5.81. The van der Waals surface area contributed by atoms with Crippen LogP contribution in [0.15, 0.2) is 30.3 Å². The van der Waals surface area contributed by atoms with Crippen molar-refractivity contribution >= 4 is 11.8 Å². The predicted molar refractivity (Wildman–Crippen MR) is 56.8 cm³/mol. The van der Waals surface area contributed by atoms with Crippen LogP contribution in [0.1, 0.15) is 18.9 Å². The van der Waals surface area contributed by atoms with Crippen molar-refractivity contribution in [2.45, 2.75) is 18.3 Å². The highest BCUT2D eigenvalue weighted by molar-refractivity contribution is 8.00. The fourth-order valence-corrected chi connectivity index (χ4v) is 2.66. The Bertz CT molecular complexity index is 265. The molecular weight excluding hydrogens is 180 g/mol. The Morgan fingerprint density at radius 1 is 1.31 bits per heavy atom. The molecule has 0 aliphatic carbocycles. The van der Waals surface area contributed by atoms with Gasteiger partial charge in [0.15, 0.2) is 0 Å². The van der Waals surface area contributed by atoms with E-state index in [-0.39, 0.29) is 4.93 Å². The molecule has 0 amide bonds. The van der Waals surface area contributed by atoms with Crippen LogP contribution in [-0.4, -0.2) is 12.4 Å². The summed E-state index contributed by atoms with van der Waals surface area (Å²) < 4.78 is 5.81. The van der Waals surface area contributed by atoms with Crippen molar-refractivity contribution in [3.05, 3.63) is 35.9 Å². The second kappa shape index (κ2) is 3.72. The van der Waals surface area contributed by atoms with Gasteiger partial charge in [0.1, 0.15) is 4.93 Å². The molecule has 1 fully saturated rings. The molecule has 1 aromatic carbocycles. The molecule has 0 saturated carbocycles. The maximum atomic E-state index is 5.81. The van der Waals surface area contributed by atoms with Crippen LogP contribution in [0.5, 0.6) is 0 Å². The highest BCUT2D eigenvalue weighted by Crippen LogP contribution is 2.40.